The Morgan fingerprint density at radius 2 is 2.17 bits per heavy atom. The minimum Gasteiger partial charge on any atom is -0.361 e. The van der Waals surface area contributed by atoms with Crippen molar-refractivity contribution in [2.24, 2.45) is 0 Å². The minimum absolute atomic E-state index is 0.150. The molecule has 0 fully saturated rings. The Balaban J connectivity index is 1.39. The third kappa shape index (κ3) is 2.74. The summed E-state index contributed by atoms with van der Waals surface area (Å²) in [5, 5.41) is 8.17. The SMILES string of the molecule is O=C(NCCc1ccc2[nH]ccc2c1)c1onc2c1CCCC2. The number of benzene rings is 1. The maximum atomic E-state index is 12.3. The summed E-state index contributed by atoms with van der Waals surface area (Å²) in [7, 11) is 0. The number of hydrogen-bond donors (Lipinski definition) is 2. The van der Waals surface area contributed by atoms with Crippen molar-refractivity contribution >= 4 is 16.8 Å². The molecule has 5 nitrogen and oxygen atoms in total. The van der Waals surface area contributed by atoms with E-state index in [-0.39, 0.29) is 5.91 Å². The fraction of sp³-hybridized carbons (Fsp3) is 0.333. The summed E-state index contributed by atoms with van der Waals surface area (Å²) >= 11 is 0. The number of nitrogens with one attached hydrogen (secondary N) is 2. The van der Waals surface area contributed by atoms with Gasteiger partial charge in [0.2, 0.25) is 5.76 Å². The van der Waals surface area contributed by atoms with E-state index in [1.165, 1.54) is 10.9 Å². The molecule has 0 unspecified atom stereocenters. The number of rotatable bonds is 4. The molecule has 1 aromatic carbocycles. The second-order valence-electron chi connectivity index (χ2n) is 6.05. The average molecular weight is 309 g/mol. The van der Waals surface area contributed by atoms with Gasteiger partial charge in [-0.15, -0.1) is 0 Å². The third-order valence-electron chi connectivity index (χ3n) is 4.48. The van der Waals surface area contributed by atoms with Crippen LogP contribution in [0.5, 0.6) is 0 Å². The standard InChI is InChI=1S/C18H19N3O2/c22-18(17-14-3-1-2-4-16(14)21-23-17)20-9-7-12-5-6-15-13(11-12)8-10-19-15/h5-6,8,10-11,19H,1-4,7,9H2,(H,20,22). The molecular formula is C18H19N3O2. The van der Waals surface area contributed by atoms with Crippen LogP contribution < -0.4 is 5.32 Å². The molecule has 0 bridgehead atoms. The summed E-state index contributed by atoms with van der Waals surface area (Å²) < 4.78 is 5.26. The highest BCUT2D eigenvalue weighted by Gasteiger charge is 2.23. The molecule has 0 saturated heterocycles. The molecule has 1 aliphatic rings. The molecule has 0 radical (unpaired) electrons. The molecule has 1 aliphatic carbocycles. The number of aromatic amines is 1. The van der Waals surface area contributed by atoms with Crippen LogP contribution in [0.4, 0.5) is 0 Å². The lowest BCUT2D eigenvalue weighted by Gasteiger charge is -2.09. The summed E-state index contributed by atoms with van der Waals surface area (Å²) in [5.41, 5.74) is 4.30. The van der Waals surface area contributed by atoms with Crippen LogP contribution in [0, 0.1) is 0 Å². The van der Waals surface area contributed by atoms with Crippen molar-refractivity contribution in [2.45, 2.75) is 32.1 Å². The highest BCUT2D eigenvalue weighted by molar-refractivity contribution is 5.93. The molecule has 0 aliphatic heterocycles. The van der Waals surface area contributed by atoms with Crippen LogP contribution in [0.1, 0.15) is 40.2 Å². The molecular weight excluding hydrogens is 290 g/mol. The number of hydrogen-bond acceptors (Lipinski definition) is 3. The first kappa shape index (κ1) is 14.1. The van der Waals surface area contributed by atoms with Crippen molar-refractivity contribution < 1.29 is 9.32 Å². The van der Waals surface area contributed by atoms with Gasteiger partial charge in [-0.1, -0.05) is 11.2 Å². The fourth-order valence-corrected chi connectivity index (χ4v) is 3.23. The molecule has 2 heterocycles. The van der Waals surface area contributed by atoms with Crippen LogP contribution >= 0.6 is 0 Å². The van der Waals surface area contributed by atoms with Crippen LogP contribution in [0.2, 0.25) is 0 Å². The van der Waals surface area contributed by atoms with E-state index < -0.39 is 0 Å². The average Bonchev–Trinajstić information content (AvgIpc) is 3.21. The van der Waals surface area contributed by atoms with E-state index in [0.29, 0.717) is 12.3 Å². The van der Waals surface area contributed by atoms with Crippen LogP contribution in [-0.4, -0.2) is 22.6 Å². The molecule has 5 heteroatoms. The number of fused-ring (bicyclic) bond motifs is 2. The molecule has 2 N–H and O–H groups in total. The van der Waals surface area contributed by atoms with E-state index in [0.717, 1.165) is 48.9 Å². The molecule has 0 spiro atoms. The maximum Gasteiger partial charge on any atom is 0.290 e. The van der Waals surface area contributed by atoms with Gasteiger partial charge >= 0.3 is 0 Å². The Morgan fingerprint density at radius 1 is 1.26 bits per heavy atom. The van der Waals surface area contributed by atoms with Crippen LogP contribution in [0.3, 0.4) is 0 Å². The van der Waals surface area contributed by atoms with Crippen molar-refractivity contribution in [3.8, 4) is 0 Å². The van der Waals surface area contributed by atoms with Crippen LogP contribution in [0.25, 0.3) is 10.9 Å². The maximum absolute atomic E-state index is 12.3. The van der Waals surface area contributed by atoms with E-state index in [2.05, 4.69) is 39.7 Å². The van der Waals surface area contributed by atoms with Crippen LogP contribution in [-0.2, 0) is 19.3 Å². The summed E-state index contributed by atoms with van der Waals surface area (Å²) in [6, 6.07) is 8.35. The van der Waals surface area contributed by atoms with Gasteiger partial charge in [-0.3, -0.25) is 4.79 Å². The predicted molar refractivity (Wildman–Crippen MR) is 87.5 cm³/mol. The molecule has 3 aromatic rings. The lowest BCUT2D eigenvalue weighted by atomic mass is 9.96. The van der Waals surface area contributed by atoms with Gasteiger partial charge in [-0.05, 0) is 61.3 Å². The van der Waals surface area contributed by atoms with Crippen molar-refractivity contribution in [1.82, 2.24) is 15.5 Å². The number of H-pyrrole nitrogens is 1. The Labute approximate surface area is 134 Å². The summed E-state index contributed by atoms with van der Waals surface area (Å²) in [4.78, 5) is 15.5. The number of aryl methyl sites for hydroxylation is 1. The Kier molecular flexibility index (Phi) is 3.61. The van der Waals surface area contributed by atoms with E-state index in [4.69, 9.17) is 4.52 Å². The second kappa shape index (κ2) is 5.91. The molecule has 1 amide bonds. The van der Waals surface area contributed by atoms with Crippen molar-refractivity contribution in [3.05, 3.63) is 53.0 Å². The van der Waals surface area contributed by atoms with Crippen molar-refractivity contribution in [1.29, 1.82) is 0 Å². The van der Waals surface area contributed by atoms with Gasteiger partial charge in [0.1, 0.15) is 0 Å². The Hall–Kier alpha value is -2.56. The molecule has 2 aromatic heterocycles. The summed E-state index contributed by atoms with van der Waals surface area (Å²) in [6.45, 7) is 0.588. The lowest BCUT2D eigenvalue weighted by molar-refractivity contribution is 0.0916. The number of nitrogens with zero attached hydrogens (tertiary/aromatic N) is 1. The summed E-state index contributed by atoms with van der Waals surface area (Å²) in [5.74, 6) is 0.254. The van der Waals surface area contributed by atoms with E-state index in [9.17, 15) is 4.79 Å². The minimum atomic E-state index is -0.150. The van der Waals surface area contributed by atoms with E-state index >= 15 is 0 Å². The molecule has 23 heavy (non-hydrogen) atoms. The zero-order valence-electron chi connectivity index (χ0n) is 12.9. The van der Waals surface area contributed by atoms with Gasteiger partial charge in [0.05, 0.1) is 5.69 Å². The first-order valence-corrected chi connectivity index (χ1v) is 8.13. The third-order valence-corrected chi connectivity index (χ3v) is 4.48. The van der Waals surface area contributed by atoms with Crippen molar-refractivity contribution in [2.75, 3.05) is 6.54 Å². The second-order valence-corrected chi connectivity index (χ2v) is 6.05. The largest absolute Gasteiger partial charge is 0.361 e. The number of amides is 1. The van der Waals surface area contributed by atoms with Gasteiger partial charge in [0, 0.05) is 23.8 Å². The monoisotopic (exact) mass is 309 g/mol. The smallest absolute Gasteiger partial charge is 0.290 e. The van der Waals surface area contributed by atoms with Gasteiger partial charge in [-0.2, -0.15) is 0 Å². The van der Waals surface area contributed by atoms with E-state index in [1.54, 1.807) is 0 Å². The van der Waals surface area contributed by atoms with Gasteiger partial charge < -0.3 is 14.8 Å². The van der Waals surface area contributed by atoms with Gasteiger partial charge in [0.15, 0.2) is 0 Å². The molecule has 0 atom stereocenters. The van der Waals surface area contributed by atoms with Crippen LogP contribution in [0.15, 0.2) is 35.0 Å². The normalized spacial score (nSPS) is 13.9. The zero-order valence-corrected chi connectivity index (χ0v) is 12.9. The van der Waals surface area contributed by atoms with Crippen molar-refractivity contribution in [3.63, 3.8) is 0 Å². The first-order valence-electron chi connectivity index (χ1n) is 8.13. The first-order chi connectivity index (χ1) is 11.3. The lowest BCUT2D eigenvalue weighted by Crippen LogP contribution is -2.26. The number of carbonyl (C=O) groups excluding carboxylic acids is 1. The molecule has 118 valence electrons. The quantitative estimate of drug-likeness (QED) is 0.778. The number of aromatic nitrogens is 2. The number of carbonyl (C=O) groups is 1. The molecule has 4 rings (SSSR count). The highest BCUT2D eigenvalue weighted by atomic mass is 16.5. The molecule has 0 saturated carbocycles. The van der Waals surface area contributed by atoms with Gasteiger partial charge in [-0.25, -0.2) is 0 Å². The van der Waals surface area contributed by atoms with E-state index in [1.807, 2.05) is 6.20 Å². The topological polar surface area (TPSA) is 70.9 Å². The summed E-state index contributed by atoms with van der Waals surface area (Å²) in [6.07, 6.45) is 6.77. The van der Waals surface area contributed by atoms with Gasteiger partial charge in [0.25, 0.3) is 5.91 Å². The predicted octanol–water partition coefficient (Wildman–Crippen LogP) is 3.01. The Morgan fingerprint density at radius 3 is 3.13 bits per heavy atom. The zero-order chi connectivity index (χ0) is 15.6. The highest BCUT2D eigenvalue weighted by Crippen LogP contribution is 2.23. The fourth-order valence-electron chi connectivity index (χ4n) is 3.23. The Bertz CT molecular complexity index is 847.